The molecule has 0 saturated carbocycles. The number of ether oxygens (including phenoxy) is 4. The Morgan fingerprint density at radius 1 is 0.325 bits per heavy atom. The minimum atomic E-state index is -1.50. The van der Waals surface area contributed by atoms with Crippen molar-refractivity contribution in [2.75, 3.05) is 47.5 Å². The molecule has 0 rings (SSSR count). The van der Waals surface area contributed by atoms with Gasteiger partial charge in [-0.2, -0.15) is 0 Å². The molecular formula is C71H140NO8+. The van der Waals surface area contributed by atoms with Crippen LogP contribution in [0, 0.1) is 0 Å². The zero-order chi connectivity index (χ0) is 58.3. The average Bonchev–Trinajstić information content (AvgIpc) is 3.43. The third kappa shape index (κ3) is 63.9. The Morgan fingerprint density at radius 3 is 0.800 bits per heavy atom. The van der Waals surface area contributed by atoms with Crippen LogP contribution in [0.1, 0.15) is 380 Å². The fraction of sp³-hybridized carbons (Fsp3) is 0.958. The van der Waals surface area contributed by atoms with E-state index in [1.807, 2.05) is 21.1 Å². The predicted molar refractivity (Wildman–Crippen MR) is 342 cm³/mol. The number of unbranched alkanes of at least 4 members (excludes halogenated alkanes) is 53. The standard InChI is InChI=1S/C71H139NO8/c1-6-8-10-12-14-16-18-20-22-23-24-25-26-27-28-29-30-31-32-33-34-35-36-37-38-39-40-41-42-43-44-45-46-47-48-50-52-54-56-58-60-62-69(74)80-67(66-79-71(70(75)76)77-64-63-72(3,4)5)65-78-68(73)61-59-57-55-53-51-49-21-19-17-15-13-11-9-7-2/h67,71H,6-66H2,1-5H3/p+1. The maximum atomic E-state index is 12.9. The van der Waals surface area contributed by atoms with E-state index in [0.717, 1.165) is 38.5 Å². The lowest BCUT2D eigenvalue weighted by Gasteiger charge is -2.25. The fourth-order valence-electron chi connectivity index (χ4n) is 11.1. The molecule has 0 saturated heterocycles. The number of likely N-dealkylation sites (N-methyl/N-ethyl adjacent to an activating group) is 1. The molecule has 0 amide bonds. The van der Waals surface area contributed by atoms with Gasteiger partial charge in [0.2, 0.25) is 0 Å². The smallest absolute Gasteiger partial charge is 0.361 e. The molecule has 0 spiro atoms. The highest BCUT2D eigenvalue weighted by Crippen LogP contribution is 2.20. The highest BCUT2D eigenvalue weighted by molar-refractivity contribution is 5.71. The van der Waals surface area contributed by atoms with Crippen molar-refractivity contribution >= 4 is 17.9 Å². The molecule has 0 bridgehead atoms. The Kier molecular flexibility index (Phi) is 62.0. The van der Waals surface area contributed by atoms with Gasteiger partial charge in [-0.05, 0) is 12.8 Å². The van der Waals surface area contributed by atoms with Crippen molar-refractivity contribution < 1.29 is 42.9 Å². The Balaban J connectivity index is 3.84. The Morgan fingerprint density at radius 2 is 0.562 bits per heavy atom. The van der Waals surface area contributed by atoms with E-state index in [4.69, 9.17) is 18.9 Å². The SMILES string of the molecule is CCCCCCCCCCCCCCCCCCCCCCCCCCCCCCCCCCCCCCCCCCCC(=O)OC(COC(=O)CCCCCCCCCCCCCCCC)COC(OCC[N+](C)(C)C)C(=O)O. The minimum absolute atomic E-state index is 0.172. The molecule has 0 aliphatic heterocycles. The van der Waals surface area contributed by atoms with Crippen LogP contribution in [0.5, 0.6) is 0 Å². The van der Waals surface area contributed by atoms with Crippen LogP contribution in [0.2, 0.25) is 0 Å². The molecule has 0 heterocycles. The van der Waals surface area contributed by atoms with Gasteiger partial charge in [0, 0.05) is 12.8 Å². The number of rotatable bonds is 68. The monoisotopic (exact) mass is 1140 g/mol. The summed E-state index contributed by atoms with van der Waals surface area (Å²) >= 11 is 0. The number of carbonyl (C=O) groups excluding carboxylic acids is 2. The minimum Gasteiger partial charge on any atom is -0.477 e. The van der Waals surface area contributed by atoms with Crippen molar-refractivity contribution in [1.29, 1.82) is 0 Å². The second-order valence-electron chi connectivity index (χ2n) is 25.9. The Bertz CT molecular complexity index is 1270. The first-order valence-corrected chi connectivity index (χ1v) is 35.7. The van der Waals surface area contributed by atoms with Gasteiger partial charge in [0.1, 0.15) is 13.2 Å². The molecule has 0 aliphatic carbocycles. The number of carbonyl (C=O) groups is 3. The van der Waals surface area contributed by atoms with Crippen molar-refractivity contribution in [1.82, 2.24) is 0 Å². The summed E-state index contributed by atoms with van der Waals surface area (Å²) in [5.74, 6) is -1.97. The normalized spacial score (nSPS) is 12.6. The number of carboxylic acid groups (broad SMARTS) is 1. The van der Waals surface area contributed by atoms with Crippen molar-refractivity contribution in [3.05, 3.63) is 0 Å². The molecule has 0 aromatic heterocycles. The molecule has 476 valence electrons. The van der Waals surface area contributed by atoms with Crippen LogP contribution in [-0.2, 0) is 33.3 Å². The summed E-state index contributed by atoms with van der Waals surface area (Å²) in [4.78, 5) is 37.5. The number of aliphatic carboxylic acids is 1. The number of esters is 2. The van der Waals surface area contributed by atoms with Gasteiger partial charge in [-0.1, -0.05) is 354 Å². The molecule has 1 N–H and O–H groups in total. The van der Waals surface area contributed by atoms with E-state index in [2.05, 4.69) is 13.8 Å². The first kappa shape index (κ1) is 78.3. The van der Waals surface area contributed by atoms with Crippen molar-refractivity contribution in [3.8, 4) is 0 Å². The number of hydrogen-bond acceptors (Lipinski definition) is 7. The lowest BCUT2D eigenvalue weighted by Crippen LogP contribution is -2.40. The van der Waals surface area contributed by atoms with E-state index in [1.165, 1.54) is 315 Å². The molecule has 2 unspecified atom stereocenters. The van der Waals surface area contributed by atoms with Gasteiger partial charge in [0.25, 0.3) is 6.29 Å². The predicted octanol–water partition coefficient (Wildman–Crippen LogP) is 21.9. The second-order valence-corrected chi connectivity index (χ2v) is 25.9. The van der Waals surface area contributed by atoms with E-state index in [0.29, 0.717) is 17.4 Å². The van der Waals surface area contributed by atoms with Crippen LogP contribution in [0.15, 0.2) is 0 Å². The molecule has 0 fully saturated rings. The van der Waals surface area contributed by atoms with E-state index in [9.17, 15) is 19.5 Å². The van der Waals surface area contributed by atoms with Gasteiger partial charge in [0.05, 0.1) is 34.4 Å². The van der Waals surface area contributed by atoms with Crippen LogP contribution < -0.4 is 0 Å². The van der Waals surface area contributed by atoms with Crippen LogP contribution in [-0.4, -0.2) is 87.4 Å². The summed E-state index contributed by atoms with van der Waals surface area (Å²) < 4.78 is 22.9. The number of quaternary nitrogens is 1. The summed E-state index contributed by atoms with van der Waals surface area (Å²) in [5.41, 5.74) is 0. The zero-order valence-electron chi connectivity index (χ0n) is 54.5. The van der Waals surface area contributed by atoms with Crippen molar-refractivity contribution in [2.24, 2.45) is 0 Å². The third-order valence-electron chi connectivity index (χ3n) is 16.6. The topological polar surface area (TPSA) is 108 Å². The third-order valence-corrected chi connectivity index (χ3v) is 16.6. The molecule has 9 heteroatoms. The largest absolute Gasteiger partial charge is 0.477 e. The highest BCUT2D eigenvalue weighted by Gasteiger charge is 2.25. The Labute approximate surface area is 498 Å². The summed E-state index contributed by atoms with van der Waals surface area (Å²) in [7, 11) is 5.99. The van der Waals surface area contributed by atoms with Crippen molar-refractivity contribution in [3.63, 3.8) is 0 Å². The first-order chi connectivity index (χ1) is 39.1. The van der Waals surface area contributed by atoms with E-state index in [1.54, 1.807) is 0 Å². The summed E-state index contributed by atoms with van der Waals surface area (Å²) in [6.45, 7) is 4.95. The summed E-state index contributed by atoms with van der Waals surface area (Å²) in [5, 5.41) is 9.72. The molecule has 0 radical (unpaired) electrons. The number of carboxylic acids is 1. The molecule has 0 aliphatic rings. The molecule has 9 nitrogen and oxygen atoms in total. The lowest BCUT2D eigenvalue weighted by molar-refractivity contribution is -0.870. The molecule has 0 aromatic carbocycles. The zero-order valence-corrected chi connectivity index (χ0v) is 54.5. The van der Waals surface area contributed by atoms with Crippen LogP contribution in [0.3, 0.4) is 0 Å². The van der Waals surface area contributed by atoms with Crippen LogP contribution >= 0.6 is 0 Å². The molecular weight excluding hydrogens is 995 g/mol. The van der Waals surface area contributed by atoms with Gasteiger partial charge in [-0.3, -0.25) is 9.59 Å². The van der Waals surface area contributed by atoms with Crippen molar-refractivity contribution in [2.45, 2.75) is 392 Å². The fourth-order valence-corrected chi connectivity index (χ4v) is 11.1. The number of hydrogen-bond donors (Lipinski definition) is 1. The van der Waals surface area contributed by atoms with E-state index >= 15 is 0 Å². The highest BCUT2D eigenvalue weighted by atomic mass is 16.7. The van der Waals surface area contributed by atoms with Gasteiger partial charge in [0.15, 0.2) is 6.10 Å². The van der Waals surface area contributed by atoms with E-state index < -0.39 is 18.4 Å². The maximum Gasteiger partial charge on any atom is 0.361 e. The molecule has 2 atom stereocenters. The second kappa shape index (κ2) is 63.3. The Hall–Kier alpha value is -1.71. The summed E-state index contributed by atoms with van der Waals surface area (Å²) in [6, 6.07) is 0. The molecule has 0 aromatic rings. The van der Waals surface area contributed by atoms with Crippen LogP contribution in [0.25, 0.3) is 0 Å². The van der Waals surface area contributed by atoms with E-state index in [-0.39, 0.29) is 38.2 Å². The average molecular weight is 1140 g/mol. The van der Waals surface area contributed by atoms with Gasteiger partial charge >= 0.3 is 17.9 Å². The quantitative estimate of drug-likeness (QED) is 0.0278. The number of nitrogens with zero attached hydrogens (tertiary/aromatic N) is 1. The maximum absolute atomic E-state index is 12.9. The van der Waals surface area contributed by atoms with Crippen LogP contribution in [0.4, 0.5) is 0 Å². The first-order valence-electron chi connectivity index (χ1n) is 35.7. The van der Waals surface area contributed by atoms with Gasteiger partial charge in [-0.15, -0.1) is 0 Å². The van der Waals surface area contributed by atoms with Gasteiger partial charge < -0.3 is 28.5 Å². The van der Waals surface area contributed by atoms with Gasteiger partial charge in [-0.25, -0.2) is 4.79 Å². The molecule has 80 heavy (non-hydrogen) atoms. The summed E-state index contributed by atoms with van der Waals surface area (Å²) in [6.07, 6.45) is 72.6. The lowest BCUT2D eigenvalue weighted by atomic mass is 10.0.